The van der Waals surface area contributed by atoms with Gasteiger partial charge in [-0.2, -0.15) is 0 Å². The van der Waals surface area contributed by atoms with Gasteiger partial charge in [-0.25, -0.2) is 0 Å². The molecule has 0 amide bonds. The second-order valence-corrected chi connectivity index (χ2v) is 13.3. The van der Waals surface area contributed by atoms with Crippen molar-refractivity contribution in [1.29, 1.82) is 0 Å². The van der Waals surface area contributed by atoms with E-state index in [0.29, 0.717) is 6.10 Å². The molecule has 0 saturated carbocycles. The summed E-state index contributed by atoms with van der Waals surface area (Å²) in [5.41, 5.74) is 0. The van der Waals surface area contributed by atoms with Crippen molar-refractivity contribution in [3.8, 4) is 0 Å². The van der Waals surface area contributed by atoms with Crippen molar-refractivity contribution >= 4 is 0 Å². The summed E-state index contributed by atoms with van der Waals surface area (Å²) in [4.78, 5) is 2.25. The van der Waals surface area contributed by atoms with Gasteiger partial charge in [-0.05, 0) is 97.6 Å². The number of rotatable bonds is 34. The third-order valence-electron chi connectivity index (χ3n) is 8.73. The molecule has 0 aliphatic heterocycles. The van der Waals surface area contributed by atoms with Crippen LogP contribution in [0.5, 0.6) is 0 Å². The van der Waals surface area contributed by atoms with Crippen LogP contribution in [0.25, 0.3) is 0 Å². The average Bonchev–Trinajstić information content (AvgIpc) is 3.02. The summed E-state index contributed by atoms with van der Waals surface area (Å²) < 4.78 is 6.61. The Morgan fingerprint density at radius 3 is 1.11 bits per heavy atom. The first-order valence-electron chi connectivity index (χ1n) is 19.6. The Labute approximate surface area is 278 Å². The summed E-state index contributed by atoms with van der Waals surface area (Å²) in [7, 11) is 4.32. The molecule has 0 bridgehead atoms. The van der Waals surface area contributed by atoms with E-state index in [2.05, 4.69) is 88.4 Å². The summed E-state index contributed by atoms with van der Waals surface area (Å²) in [6, 6.07) is 0. The Morgan fingerprint density at radius 2 is 0.773 bits per heavy atom. The molecular formula is C42H79NO. The van der Waals surface area contributed by atoms with Crippen molar-refractivity contribution in [2.45, 2.75) is 206 Å². The maximum atomic E-state index is 6.61. The predicted octanol–water partition coefficient (Wildman–Crippen LogP) is 14.1. The second-order valence-electron chi connectivity index (χ2n) is 13.3. The number of hydrogen-bond donors (Lipinski definition) is 0. The van der Waals surface area contributed by atoms with Gasteiger partial charge in [0.25, 0.3) is 0 Å². The van der Waals surface area contributed by atoms with Gasteiger partial charge in [-0.3, -0.25) is 4.90 Å². The maximum Gasteiger partial charge on any atom is 0.110 e. The first kappa shape index (κ1) is 42.9. The van der Waals surface area contributed by atoms with Crippen molar-refractivity contribution in [2.75, 3.05) is 14.1 Å². The minimum Gasteiger partial charge on any atom is -0.360 e. The fourth-order valence-electron chi connectivity index (χ4n) is 5.81. The molecule has 258 valence electrons. The maximum absolute atomic E-state index is 6.61. The van der Waals surface area contributed by atoms with Crippen molar-refractivity contribution in [2.24, 2.45) is 0 Å². The highest BCUT2D eigenvalue weighted by Gasteiger charge is 2.16. The quantitative estimate of drug-likeness (QED) is 0.0406. The van der Waals surface area contributed by atoms with Crippen LogP contribution in [0.2, 0.25) is 0 Å². The molecule has 2 heteroatoms. The molecule has 0 aromatic rings. The molecule has 0 rings (SSSR count). The zero-order valence-electron chi connectivity index (χ0n) is 30.7. The molecular weight excluding hydrogens is 534 g/mol. The number of nitrogens with zero attached hydrogens (tertiary/aromatic N) is 1. The Kier molecular flexibility index (Phi) is 35.4. The van der Waals surface area contributed by atoms with Gasteiger partial charge in [0.15, 0.2) is 0 Å². The van der Waals surface area contributed by atoms with Gasteiger partial charge in [0.1, 0.15) is 6.23 Å². The van der Waals surface area contributed by atoms with Crippen LogP contribution in [-0.2, 0) is 4.74 Å². The molecule has 0 radical (unpaired) electrons. The van der Waals surface area contributed by atoms with E-state index in [0.717, 1.165) is 19.3 Å². The fraction of sp³-hybridized carbons (Fsp3) is 0.810. The Bertz CT molecular complexity index is 613. The van der Waals surface area contributed by atoms with Crippen molar-refractivity contribution in [3.05, 3.63) is 48.6 Å². The molecule has 2 nitrogen and oxygen atoms in total. The summed E-state index contributed by atoms with van der Waals surface area (Å²) in [5.74, 6) is 0. The molecule has 0 heterocycles. The normalized spacial score (nSPS) is 13.3. The van der Waals surface area contributed by atoms with Gasteiger partial charge < -0.3 is 4.74 Å². The van der Waals surface area contributed by atoms with Crippen LogP contribution in [0.15, 0.2) is 48.6 Å². The number of allylic oxidation sites excluding steroid dienone is 8. The van der Waals surface area contributed by atoms with E-state index in [4.69, 9.17) is 4.74 Å². The van der Waals surface area contributed by atoms with Crippen LogP contribution in [0.4, 0.5) is 0 Å². The Hall–Kier alpha value is -1.12. The molecule has 0 aliphatic rings. The van der Waals surface area contributed by atoms with Crippen molar-refractivity contribution in [3.63, 3.8) is 0 Å². The van der Waals surface area contributed by atoms with E-state index in [-0.39, 0.29) is 6.23 Å². The first-order valence-corrected chi connectivity index (χ1v) is 19.6. The fourth-order valence-corrected chi connectivity index (χ4v) is 5.81. The predicted molar refractivity (Wildman–Crippen MR) is 201 cm³/mol. The van der Waals surface area contributed by atoms with Gasteiger partial charge in [-0.1, -0.05) is 159 Å². The number of unbranched alkanes of at least 4 members (excludes halogenated alkanes) is 18. The monoisotopic (exact) mass is 614 g/mol. The minimum atomic E-state index is 0.259. The summed E-state index contributed by atoms with van der Waals surface area (Å²) >= 11 is 0. The lowest BCUT2D eigenvalue weighted by atomic mass is 10.0. The third-order valence-corrected chi connectivity index (χ3v) is 8.73. The standard InChI is InChI=1S/C42H79NO/c1-6-9-11-13-15-17-19-21-23-25-27-29-31-33-35-37-39-41(44-42(8-3)43(4)5)40-38-36-34-32-30-28-26-24-22-20-18-16-14-12-10-7-2/h15-18,21-24,41-42H,6-14,19-20,25-40H2,1-5H3/b17-15-,18-16-,23-21-,24-22-. The molecule has 0 saturated heterocycles. The van der Waals surface area contributed by atoms with Crippen molar-refractivity contribution in [1.82, 2.24) is 4.90 Å². The molecule has 0 N–H and O–H groups in total. The van der Waals surface area contributed by atoms with E-state index < -0.39 is 0 Å². The van der Waals surface area contributed by atoms with Gasteiger partial charge in [-0.15, -0.1) is 0 Å². The van der Waals surface area contributed by atoms with E-state index in [9.17, 15) is 0 Å². The highest BCUT2D eigenvalue weighted by molar-refractivity contribution is 4.93. The lowest BCUT2D eigenvalue weighted by molar-refractivity contribution is -0.0897. The molecule has 44 heavy (non-hydrogen) atoms. The van der Waals surface area contributed by atoms with Crippen LogP contribution in [-0.4, -0.2) is 31.3 Å². The molecule has 1 atom stereocenters. The lowest BCUT2D eigenvalue weighted by Gasteiger charge is -2.29. The van der Waals surface area contributed by atoms with Crippen LogP contribution < -0.4 is 0 Å². The molecule has 0 aromatic carbocycles. The van der Waals surface area contributed by atoms with Gasteiger partial charge in [0.2, 0.25) is 0 Å². The topological polar surface area (TPSA) is 12.5 Å². The van der Waals surface area contributed by atoms with Gasteiger partial charge in [0.05, 0.1) is 6.10 Å². The molecule has 0 fully saturated rings. The highest BCUT2D eigenvalue weighted by Crippen LogP contribution is 2.20. The first-order chi connectivity index (χ1) is 21.7. The van der Waals surface area contributed by atoms with Gasteiger partial charge >= 0.3 is 0 Å². The van der Waals surface area contributed by atoms with Gasteiger partial charge in [0, 0.05) is 0 Å². The average molecular weight is 614 g/mol. The SMILES string of the molecule is CCCCC/C=C\C/C=C\CCCCCCCCC(CCCCCCCC/C=C\C/C=C\CCCCC)OC(CC)N(C)C. The van der Waals surface area contributed by atoms with E-state index in [1.54, 1.807) is 0 Å². The lowest BCUT2D eigenvalue weighted by Crippen LogP contribution is -2.34. The zero-order valence-corrected chi connectivity index (χ0v) is 30.7. The summed E-state index contributed by atoms with van der Waals surface area (Å²) in [6.07, 6.45) is 54.7. The van der Waals surface area contributed by atoms with Crippen molar-refractivity contribution < 1.29 is 4.74 Å². The van der Waals surface area contributed by atoms with Crippen LogP contribution in [0.3, 0.4) is 0 Å². The van der Waals surface area contributed by atoms with Crippen LogP contribution in [0, 0.1) is 0 Å². The van der Waals surface area contributed by atoms with E-state index >= 15 is 0 Å². The van der Waals surface area contributed by atoms with Crippen LogP contribution in [0.1, 0.15) is 194 Å². The van der Waals surface area contributed by atoms with Crippen LogP contribution >= 0.6 is 0 Å². The van der Waals surface area contributed by atoms with E-state index in [1.165, 1.54) is 154 Å². The molecule has 0 aromatic heterocycles. The summed E-state index contributed by atoms with van der Waals surface area (Å²) in [5, 5.41) is 0. The summed E-state index contributed by atoms with van der Waals surface area (Å²) in [6.45, 7) is 6.79. The van der Waals surface area contributed by atoms with E-state index in [1.807, 2.05) is 0 Å². The smallest absolute Gasteiger partial charge is 0.110 e. The zero-order chi connectivity index (χ0) is 32.2. The minimum absolute atomic E-state index is 0.259. The third kappa shape index (κ3) is 32.3. The Balaban J connectivity index is 3.92. The molecule has 1 unspecified atom stereocenters. The Morgan fingerprint density at radius 1 is 0.432 bits per heavy atom. The highest BCUT2D eigenvalue weighted by atomic mass is 16.5. The largest absolute Gasteiger partial charge is 0.360 e. The molecule has 0 spiro atoms. The number of hydrogen-bond acceptors (Lipinski definition) is 2. The second kappa shape index (κ2) is 36.3. The number of ether oxygens (including phenoxy) is 1. The molecule has 0 aliphatic carbocycles.